The first-order valence-corrected chi connectivity index (χ1v) is 6.51. The lowest BCUT2D eigenvalue weighted by atomic mass is 10.3. The molecule has 0 aromatic carbocycles. The van der Waals surface area contributed by atoms with E-state index in [0.29, 0.717) is 11.7 Å². The van der Waals surface area contributed by atoms with Crippen LogP contribution in [0.3, 0.4) is 0 Å². The van der Waals surface area contributed by atoms with Crippen LogP contribution in [0.25, 0.3) is 0 Å². The first kappa shape index (κ1) is 12.9. The van der Waals surface area contributed by atoms with E-state index in [-0.39, 0.29) is 0 Å². The highest BCUT2D eigenvalue weighted by Crippen LogP contribution is 2.27. The van der Waals surface area contributed by atoms with Crippen molar-refractivity contribution in [2.45, 2.75) is 32.6 Å². The van der Waals surface area contributed by atoms with Gasteiger partial charge in [-0.1, -0.05) is 5.16 Å². The second-order valence-electron chi connectivity index (χ2n) is 4.66. The summed E-state index contributed by atoms with van der Waals surface area (Å²) in [5, 5.41) is 10.4. The van der Waals surface area contributed by atoms with Crippen molar-refractivity contribution in [1.29, 1.82) is 0 Å². The largest absolute Gasteiger partial charge is 0.356 e. The molecular weight excluding hydrogens is 230 g/mol. The molecule has 0 amide bonds. The monoisotopic (exact) mass is 251 g/mol. The first-order valence-electron chi connectivity index (χ1n) is 6.51. The Labute approximate surface area is 107 Å². The zero-order chi connectivity index (χ0) is 12.8. The van der Waals surface area contributed by atoms with E-state index in [1.165, 1.54) is 12.8 Å². The Kier molecular flexibility index (Phi) is 4.55. The highest BCUT2D eigenvalue weighted by atomic mass is 16.5. The molecule has 1 saturated carbocycles. The van der Waals surface area contributed by atoms with Crippen LogP contribution in [0, 0.1) is 12.8 Å². The van der Waals surface area contributed by atoms with Gasteiger partial charge in [0.05, 0.1) is 0 Å². The van der Waals surface area contributed by atoms with Crippen LogP contribution in [0.5, 0.6) is 0 Å². The molecule has 100 valence electrons. The lowest BCUT2D eigenvalue weighted by Gasteiger charge is -2.10. The lowest BCUT2D eigenvalue weighted by Crippen LogP contribution is -2.38. The number of aryl methyl sites for hydroxylation is 2. The van der Waals surface area contributed by atoms with Gasteiger partial charge in [0.15, 0.2) is 11.8 Å². The molecule has 0 saturated heterocycles. The zero-order valence-corrected chi connectivity index (χ0v) is 11.1. The highest BCUT2D eigenvalue weighted by molar-refractivity contribution is 5.79. The molecular formula is C12H21N5O. The van der Waals surface area contributed by atoms with Gasteiger partial charge in [-0.15, -0.1) is 0 Å². The molecule has 0 radical (unpaired) electrons. The summed E-state index contributed by atoms with van der Waals surface area (Å²) in [6.45, 7) is 3.71. The number of guanidine groups is 1. The van der Waals surface area contributed by atoms with Gasteiger partial charge in [-0.25, -0.2) is 0 Å². The van der Waals surface area contributed by atoms with Crippen LogP contribution in [0.4, 0.5) is 0 Å². The second kappa shape index (κ2) is 6.37. The molecule has 18 heavy (non-hydrogen) atoms. The van der Waals surface area contributed by atoms with Gasteiger partial charge in [-0.3, -0.25) is 4.99 Å². The van der Waals surface area contributed by atoms with E-state index in [4.69, 9.17) is 4.52 Å². The maximum absolute atomic E-state index is 5.05. The van der Waals surface area contributed by atoms with Gasteiger partial charge in [0.2, 0.25) is 5.89 Å². The van der Waals surface area contributed by atoms with E-state index >= 15 is 0 Å². The molecule has 1 aromatic heterocycles. The fourth-order valence-electron chi connectivity index (χ4n) is 1.67. The third-order valence-corrected chi connectivity index (χ3v) is 2.91. The standard InChI is InChI=1S/C12H21N5O/c1-9-16-11(18-17-9)4-3-7-14-12(13-2)15-8-10-5-6-10/h10H,3-8H2,1-2H3,(H2,13,14,15). The van der Waals surface area contributed by atoms with E-state index in [9.17, 15) is 0 Å². The smallest absolute Gasteiger partial charge is 0.226 e. The maximum atomic E-state index is 5.05. The summed E-state index contributed by atoms with van der Waals surface area (Å²) < 4.78 is 5.05. The van der Waals surface area contributed by atoms with Crippen LogP contribution in [0.1, 0.15) is 31.0 Å². The van der Waals surface area contributed by atoms with Crippen LogP contribution in [-0.2, 0) is 6.42 Å². The molecule has 1 aliphatic rings. The van der Waals surface area contributed by atoms with Crippen LogP contribution >= 0.6 is 0 Å². The molecule has 1 aromatic rings. The van der Waals surface area contributed by atoms with E-state index in [1.54, 1.807) is 7.05 Å². The van der Waals surface area contributed by atoms with Gasteiger partial charge in [-0.05, 0) is 32.1 Å². The molecule has 2 N–H and O–H groups in total. The molecule has 0 unspecified atom stereocenters. The molecule has 0 atom stereocenters. The molecule has 0 bridgehead atoms. The van der Waals surface area contributed by atoms with Crippen molar-refractivity contribution < 1.29 is 4.52 Å². The predicted molar refractivity (Wildman–Crippen MR) is 69.4 cm³/mol. The quantitative estimate of drug-likeness (QED) is 0.446. The Balaban J connectivity index is 1.58. The highest BCUT2D eigenvalue weighted by Gasteiger charge is 2.20. The zero-order valence-electron chi connectivity index (χ0n) is 11.1. The van der Waals surface area contributed by atoms with Gasteiger partial charge < -0.3 is 15.2 Å². The Hall–Kier alpha value is -1.59. The summed E-state index contributed by atoms with van der Waals surface area (Å²) in [5.41, 5.74) is 0. The summed E-state index contributed by atoms with van der Waals surface area (Å²) in [5.74, 6) is 3.13. The SMILES string of the molecule is CN=C(NCCCc1nc(C)no1)NCC1CC1. The lowest BCUT2D eigenvalue weighted by molar-refractivity contribution is 0.372. The van der Waals surface area contributed by atoms with E-state index in [1.807, 2.05) is 6.92 Å². The fourth-order valence-corrected chi connectivity index (χ4v) is 1.67. The third-order valence-electron chi connectivity index (χ3n) is 2.91. The van der Waals surface area contributed by atoms with Crippen molar-refractivity contribution in [3.63, 3.8) is 0 Å². The molecule has 6 nitrogen and oxygen atoms in total. The Morgan fingerprint density at radius 2 is 2.28 bits per heavy atom. The van der Waals surface area contributed by atoms with Crippen molar-refractivity contribution in [3.05, 3.63) is 11.7 Å². The number of nitrogens with one attached hydrogen (secondary N) is 2. The predicted octanol–water partition coefficient (Wildman–Crippen LogP) is 0.886. The van der Waals surface area contributed by atoms with E-state index < -0.39 is 0 Å². The van der Waals surface area contributed by atoms with Crippen LogP contribution in [0.15, 0.2) is 9.52 Å². The minimum Gasteiger partial charge on any atom is -0.356 e. The summed E-state index contributed by atoms with van der Waals surface area (Å²) in [6.07, 6.45) is 4.44. The van der Waals surface area contributed by atoms with Crippen molar-refractivity contribution in [1.82, 2.24) is 20.8 Å². The average Bonchev–Trinajstić information content (AvgIpc) is 3.11. The Morgan fingerprint density at radius 1 is 1.44 bits per heavy atom. The molecule has 1 aliphatic carbocycles. The van der Waals surface area contributed by atoms with Crippen molar-refractivity contribution in [3.8, 4) is 0 Å². The third kappa shape index (κ3) is 4.35. The number of nitrogens with zero attached hydrogens (tertiary/aromatic N) is 3. The number of aliphatic imine (C=N–C) groups is 1. The van der Waals surface area contributed by atoms with Gasteiger partial charge in [-0.2, -0.15) is 4.98 Å². The van der Waals surface area contributed by atoms with Gasteiger partial charge in [0.25, 0.3) is 0 Å². The average molecular weight is 251 g/mol. The first-order chi connectivity index (χ1) is 8.78. The molecule has 6 heteroatoms. The molecule has 0 aliphatic heterocycles. The van der Waals surface area contributed by atoms with Crippen LogP contribution in [-0.4, -0.2) is 36.2 Å². The minimum absolute atomic E-state index is 0.694. The van der Waals surface area contributed by atoms with Gasteiger partial charge in [0, 0.05) is 26.6 Å². The van der Waals surface area contributed by atoms with Gasteiger partial charge >= 0.3 is 0 Å². The second-order valence-corrected chi connectivity index (χ2v) is 4.66. The molecule has 2 rings (SSSR count). The summed E-state index contributed by atoms with van der Waals surface area (Å²) in [4.78, 5) is 8.34. The van der Waals surface area contributed by atoms with Gasteiger partial charge in [0.1, 0.15) is 0 Å². The van der Waals surface area contributed by atoms with Crippen molar-refractivity contribution in [2.24, 2.45) is 10.9 Å². The molecule has 1 fully saturated rings. The summed E-state index contributed by atoms with van der Waals surface area (Å²) >= 11 is 0. The number of hydrogen-bond donors (Lipinski definition) is 2. The fraction of sp³-hybridized carbons (Fsp3) is 0.750. The number of rotatable bonds is 6. The van der Waals surface area contributed by atoms with E-state index in [0.717, 1.165) is 37.8 Å². The van der Waals surface area contributed by atoms with Crippen molar-refractivity contribution in [2.75, 3.05) is 20.1 Å². The Bertz CT molecular complexity index is 397. The minimum atomic E-state index is 0.694. The number of hydrogen-bond acceptors (Lipinski definition) is 4. The summed E-state index contributed by atoms with van der Waals surface area (Å²) in [6, 6.07) is 0. The van der Waals surface area contributed by atoms with E-state index in [2.05, 4.69) is 25.8 Å². The topological polar surface area (TPSA) is 75.3 Å². The Morgan fingerprint density at radius 3 is 2.89 bits per heavy atom. The molecule has 0 spiro atoms. The maximum Gasteiger partial charge on any atom is 0.226 e. The van der Waals surface area contributed by atoms with Crippen molar-refractivity contribution >= 4 is 5.96 Å². The van der Waals surface area contributed by atoms with Crippen LogP contribution < -0.4 is 10.6 Å². The molecule has 1 heterocycles. The number of aromatic nitrogens is 2. The van der Waals surface area contributed by atoms with Crippen LogP contribution in [0.2, 0.25) is 0 Å². The summed E-state index contributed by atoms with van der Waals surface area (Å²) in [7, 11) is 1.80. The normalized spacial score (nSPS) is 15.8.